The van der Waals surface area contributed by atoms with Crippen molar-refractivity contribution in [2.24, 2.45) is 0 Å². The SMILES string of the molecule is O=C(C[NH+]1CCN(C(=O)c2ccco2)CC1)NCCc1ccccc1F. The molecule has 0 saturated carbocycles. The number of hydrogen-bond acceptors (Lipinski definition) is 3. The fraction of sp³-hybridized carbons (Fsp3) is 0.368. The molecular formula is C19H23FN3O3+. The van der Waals surface area contributed by atoms with Crippen molar-refractivity contribution < 1.29 is 23.3 Å². The molecule has 26 heavy (non-hydrogen) atoms. The fourth-order valence-electron chi connectivity index (χ4n) is 3.09. The number of halogens is 1. The first-order valence-electron chi connectivity index (χ1n) is 8.80. The van der Waals surface area contributed by atoms with Gasteiger partial charge in [-0.1, -0.05) is 18.2 Å². The van der Waals surface area contributed by atoms with Crippen molar-refractivity contribution in [2.75, 3.05) is 39.3 Å². The number of furan rings is 1. The van der Waals surface area contributed by atoms with Crippen LogP contribution in [0.2, 0.25) is 0 Å². The monoisotopic (exact) mass is 360 g/mol. The predicted octanol–water partition coefficient (Wildman–Crippen LogP) is 0.118. The number of piperazine rings is 1. The van der Waals surface area contributed by atoms with Gasteiger partial charge >= 0.3 is 0 Å². The second kappa shape index (κ2) is 8.62. The van der Waals surface area contributed by atoms with Crippen LogP contribution in [0.4, 0.5) is 4.39 Å². The Morgan fingerprint density at radius 2 is 1.92 bits per heavy atom. The molecule has 2 amide bonds. The molecule has 1 saturated heterocycles. The van der Waals surface area contributed by atoms with Crippen LogP contribution in [0.25, 0.3) is 0 Å². The van der Waals surface area contributed by atoms with Crippen molar-refractivity contribution in [2.45, 2.75) is 6.42 Å². The van der Waals surface area contributed by atoms with E-state index in [-0.39, 0.29) is 17.6 Å². The molecule has 2 N–H and O–H groups in total. The highest BCUT2D eigenvalue weighted by Gasteiger charge is 2.26. The van der Waals surface area contributed by atoms with Crippen LogP contribution in [0.1, 0.15) is 16.1 Å². The number of amides is 2. The second-order valence-electron chi connectivity index (χ2n) is 6.39. The molecule has 0 radical (unpaired) electrons. The number of carbonyl (C=O) groups excluding carboxylic acids is 2. The third-order valence-electron chi connectivity index (χ3n) is 4.57. The molecule has 7 heteroatoms. The zero-order valence-electron chi connectivity index (χ0n) is 14.5. The van der Waals surface area contributed by atoms with Crippen molar-refractivity contribution in [3.05, 3.63) is 59.8 Å². The van der Waals surface area contributed by atoms with Gasteiger partial charge in [0.1, 0.15) is 5.82 Å². The zero-order valence-corrected chi connectivity index (χ0v) is 14.5. The van der Waals surface area contributed by atoms with Crippen LogP contribution in [0.3, 0.4) is 0 Å². The minimum atomic E-state index is -0.246. The summed E-state index contributed by atoms with van der Waals surface area (Å²) in [6.07, 6.45) is 1.96. The normalized spacial score (nSPS) is 15.0. The molecule has 1 aromatic heterocycles. The van der Waals surface area contributed by atoms with Gasteiger partial charge in [-0.15, -0.1) is 0 Å². The number of carbonyl (C=O) groups is 2. The highest BCUT2D eigenvalue weighted by atomic mass is 19.1. The standard InChI is InChI=1S/C19H22FN3O3/c20-16-5-2-1-4-15(16)7-8-21-18(24)14-22-9-11-23(12-10-22)19(25)17-6-3-13-26-17/h1-6,13H,7-12,14H2,(H,21,24)/p+1. The molecule has 1 fully saturated rings. The number of benzene rings is 1. The van der Waals surface area contributed by atoms with Crippen molar-refractivity contribution >= 4 is 11.8 Å². The van der Waals surface area contributed by atoms with Gasteiger partial charge in [0.2, 0.25) is 0 Å². The van der Waals surface area contributed by atoms with E-state index in [0.717, 1.165) is 4.90 Å². The largest absolute Gasteiger partial charge is 0.459 e. The van der Waals surface area contributed by atoms with Gasteiger partial charge in [-0.25, -0.2) is 4.39 Å². The third-order valence-corrected chi connectivity index (χ3v) is 4.57. The van der Waals surface area contributed by atoms with Gasteiger partial charge in [0.15, 0.2) is 12.3 Å². The number of nitrogens with one attached hydrogen (secondary N) is 2. The number of hydrogen-bond donors (Lipinski definition) is 2. The summed E-state index contributed by atoms with van der Waals surface area (Å²) in [4.78, 5) is 27.2. The Kier molecular flexibility index (Phi) is 6.01. The Morgan fingerprint density at radius 1 is 1.15 bits per heavy atom. The number of rotatable bonds is 6. The third kappa shape index (κ3) is 4.70. The van der Waals surface area contributed by atoms with Gasteiger partial charge in [-0.3, -0.25) is 9.59 Å². The van der Waals surface area contributed by atoms with Crippen LogP contribution >= 0.6 is 0 Å². The van der Waals surface area contributed by atoms with Crippen LogP contribution in [-0.4, -0.2) is 56.0 Å². The van der Waals surface area contributed by atoms with E-state index in [2.05, 4.69) is 5.32 Å². The van der Waals surface area contributed by atoms with Crippen LogP contribution < -0.4 is 10.2 Å². The molecule has 2 aromatic rings. The van der Waals surface area contributed by atoms with Crippen molar-refractivity contribution in [3.63, 3.8) is 0 Å². The lowest BCUT2D eigenvalue weighted by Crippen LogP contribution is -3.15. The van der Waals surface area contributed by atoms with Crippen molar-refractivity contribution in [3.8, 4) is 0 Å². The Morgan fingerprint density at radius 3 is 2.62 bits per heavy atom. The highest BCUT2D eigenvalue weighted by Crippen LogP contribution is 2.06. The molecule has 138 valence electrons. The molecule has 0 aliphatic carbocycles. The molecule has 0 spiro atoms. The van der Waals surface area contributed by atoms with Crippen LogP contribution in [-0.2, 0) is 11.2 Å². The molecule has 3 rings (SSSR count). The number of nitrogens with zero attached hydrogens (tertiary/aromatic N) is 1. The van der Waals surface area contributed by atoms with E-state index in [0.29, 0.717) is 57.0 Å². The van der Waals surface area contributed by atoms with Crippen LogP contribution in [0.15, 0.2) is 47.1 Å². The van der Waals surface area contributed by atoms with Gasteiger partial charge in [0.25, 0.3) is 11.8 Å². The molecule has 0 bridgehead atoms. The van der Waals surface area contributed by atoms with E-state index in [1.54, 1.807) is 35.2 Å². The van der Waals surface area contributed by atoms with Gasteiger partial charge in [-0.2, -0.15) is 0 Å². The maximum Gasteiger partial charge on any atom is 0.289 e. The summed E-state index contributed by atoms with van der Waals surface area (Å²) in [6, 6.07) is 9.93. The van der Waals surface area contributed by atoms with E-state index < -0.39 is 0 Å². The number of quaternary nitrogens is 1. The second-order valence-corrected chi connectivity index (χ2v) is 6.39. The molecular weight excluding hydrogens is 337 g/mol. The average Bonchev–Trinajstić information content (AvgIpc) is 3.18. The Balaban J connectivity index is 1.37. The Bertz CT molecular complexity index is 740. The van der Waals surface area contributed by atoms with Gasteiger partial charge in [0, 0.05) is 6.54 Å². The minimum absolute atomic E-state index is 0.0536. The van der Waals surface area contributed by atoms with Crippen LogP contribution in [0.5, 0.6) is 0 Å². The Hall–Kier alpha value is -2.67. The highest BCUT2D eigenvalue weighted by molar-refractivity contribution is 5.91. The van der Waals surface area contributed by atoms with Gasteiger partial charge in [0.05, 0.1) is 32.4 Å². The Labute approximate surface area is 151 Å². The lowest BCUT2D eigenvalue weighted by molar-refractivity contribution is -0.896. The fourth-order valence-corrected chi connectivity index (χ4v) is 3.09. The zero-order chi connectivity index (χ0) is 18.4. The summed E-state index contributed by atoms with van der Waals surface area (Å²) in [7, 11) is 0. The van der Waals surface area contributed by atoms with E-state index in [1.165, 1.54) is 12.3 Å². The molecule has 0 atom stereocenters. The van der Waals surface area contributed by atoms with Gasteiger partial charge < -0.3 is 19.5 Å². The first kappa shape index (κ1) is 18.1. The molecule has 1 aliphatic heterocycles. The first-order chi connectivity index (χ1) is 12.6. The van der Waals surface area contributed by atoms with E-state index in [4.69, 9.17) is 4.42 Å². The van der Waals surface area contributed by atoms with Gasteiger partial charge in [-0.05, 0) is 30.2 Å². The molecule has 1 aliphatic rings. The predicted molar refractivity (Wildman–Crippen MR) is 93.3 cm³/mol. The lowest BCUT2D eigenvalue weighted by atomic mass is 10.1. The van der Waals surface area contributed by atoms with Crippen LogP contribution in [0, 0.1) is 5.82 Å². The summed E-state index contributed by atoms with van der Waals surface area (Å²) in [5.74, 6) is -0.0606. The summed E-state index contributed by atoms with van der Waals surface area (Å²) >= 11 is 0. The van der Waals surface area contributed by atoms with Crippen molar-refractivity contribution in [1.29, 1.82) is 0 Å². The maximum absolute atomic E-state index is 13.5. The first-order valence-corrected chi connectivity index (χ1v) is 8.80. The summed E-state index contributed by atoms with van der Waals surface area (Å²) < 4.78 is 18.7. The molecule has 6 nitrogen and oxygen atoms in total. The summed E-state index contributed by atoms with van der Waals surface area (Å²) in [6.45, 7) is 3.39. The topological polar surface area (TPSA) is 67.0 Å². The summed E-state index contributed by atoms with van der Waals surface area (Å²) in [5.41, 5.74) is 0.602. The quantitative estimate of drug-likeness (QED) is 0.769. The van der Waals surface area contributed by atoms with Crippen molar-refractivity contribution in [1.82, 2.24) is 10.2 Å². The smallest absolute Gasteiger partial charge is 0.289 e. The van der Waals surface area contributed by atoms with E-state index in [9.17, 15) is 14.0 Å². The minimum Gasteiger partial charge on any atom is -0.459 e. The summed E-state index contributed by atoms with van der Waals surface area (Å²) in [5, 5.41) is 2.84. The molecule has 0 unspecified atom stereocenters. The van der Waals surface area contributed by atoms with E-state index in [1.807, 2.05) is 0 Å². The molecule has 2 heterocycles. The molecule has 1 aromatic carbocycles. The average molecular weight is 360 g/mol. The maximum atomic E-state index is 13.5. The van der Waals surface area contributed by atoms with E-state index >= 15 is 0 Å². The lowest BCUT2D eigenvalue weighted by Gasteiger charge is -2.31.